The van der Waals surface area contributed by atoms with Crippen LogP contribution in [0.3, 0.4) is 0 Å². The molecule has 1 amide bonds. The number of carbonyl (C=O) groups excluding carboxylic acids is 1. The molecule has 0 aliphatic heterocycles. The van der Waals surface area contributed by atoms with Gasteiger partial charge in [-0.25, -0.2) is 14.5 Å². The number of aliphatic hydroxyl groups excluding tert-OH is 1. The summed E-state index contributed by atoms with van der Waals surface area (Å²) in [5.41, 5.74) is 0.543. The summed E-state index contributed by atoms with van der Waals surface area (Å²) >= 11 is 0. The molecule has 1 aliphatic carbocycles. The molecule has 1 aromatic carbocycles. The van der Waals surface area contributed by atoms with Crippen LogP contribution in [-0.4, -0.2) is 50.1 Å². The third-order valence-corrected chi connectivity index (χ3v) is 5.08. The van der Waals surface area contributed by atoms with Gasteiger partial charge in [0.15, 0.2) is 5.65 Å². The number of hydrogen-bond acceptors (Lipinski definition) is 7. The van der Waals surface area contributed by atoms with Crippen molar-refractivity contribution in [2.75, 3.05) is 0 Å². The summed E-state index contributed by atoms with van der Waals surface area (Å²) in [7, 11) is 0. The molecule has 0 unspecified atom stereocenters. The van der Waals surface area contributed by atoms with Crippen LogP contribution in [0.15, 0.2) is 36.5 Å². The summed E-state index contributed by atoms with van der Waals surface area (Å²) in [5.74, 6) is 0.0983. The molecule has 2 aromatic heterocycles. The van der Waals surface area contributed by atoms with Gasteiger partial charge in [0.05, 0.1) is 29.4 Å². The predicted molar refractivity (Wildman–Crippen MR) is 118 cm³/mol. The average Bonchev–Trinajstić information content (AvgIpc) is 3.09. The second-order valence-electron chi connectivity index (χ2n) is 9.13. The molecule has 0 spiro atoms. The molecule has 35 heavy (non-hydrogen) atoms. The Hall–Kier alpha value is -3.54. The number of benzene rings is 1. The smallest absolute Gasteiger partial charge is 0.489 e. The van der Waals surface area contributed by atoms with Crippen molar-refractivity contribution in [2.24, 2.45) is 0 Å². The van der Waals surface area contributed by atoms with Crippen molar-refractivity contribution in [2.45, 2.75) is 64.3 Å². The maximum atomic E-state index is 12.5. The molecule has 0 saturated heterocycles. The summed E-state index contributed by atoms with van der Waals surface area (Å²) in [5, 5.41) is 17.3. The minimum absolute atomic E-state index is 0.0109. The number of nitrogens with zero attached hydrogens (tertiary/aromatic N) is 3. The highest BCUT2D eigenvalue weighted by Crippen LogP contribution is 2.34. The van der Waals surface area contributed by atoms with Crippen molar-refractivity contribution < 1.29 is 37.3 Å². The van der Waals surface area contributed by atoms with E-state index in [1.54, 1.807) is 26.8 Å². The Morgan fingerprint density at radius 2 is 1.86 bits per heavy atom. The normalized spacial score (nSPS) is 18.1. The van der Waals surface area contributed by atoms with E-state index in [1.165, 1.54) is 35.1 Å². The lowest BCUT2D eigenvalue weighted by Gasteiger charge is -2.31. The number of halogens is 3. The van der Waals surface area contributed by atoms with E-state index in [9.17, 15) is 23.1 Å². The van der Waals surface area contributed by atoms with Gasteiger partial charge in [-0.15, -0.1) is 13.2 Å². The number of nitrogens with one attached hydrogen (secondary N) is 1. The van der Waals surface area contributed by atoms with E-state index in [2.05, 4.69) is 20.1 Å². The van der Waals surface area contributed by atoms with Gasteiger partial charge in [-0.05, 0) is 51.1 Å². The number of hydrogen-bond donors (Lipinski definition) is 2. The second kappa shape index (κ2) is 9.25. The summed E-state index contributed by atoms with van der Waals surface area (Å²) in [6.45, 7) is 5.21. The Morgan fingerprint density at radius 3 is 2.46 bits per heavy atom. The van der Waals surface area contributed by atoms with Crippen molar-refractivity contribution in [3.8, 4) is 17.2 Å². The predicted octanol–water partition coefficient (Wildman–Crippen LogP) is 4.25. The first-order chi connectivity index (χ1) is 16.4. The maximum Gasteiger partial charge on any atom is 0.573 e. The molecule has 188 valence electrons. The highest BCUT2D eigenvalue weighted by atomic mass is 19.4. The average molecular weight is 494 g/mol. The molecule has 0 radical (unpaired) electrons. The van der Waals surface area contributed by atoms with Gasteiger partial charge in [0.2, 0.25) is 0 Å². The lowest BCUT2D eigenvalue weighted by molar-refractivity contribution is -0.274. The van der Waals surface area contributed by atoms with E-state index in [1.807, 2.05) is 0 Å². The molecular formula is C23H25F3N4O5. The van der Waals surface area contributed by atoms with Gasteiger partial charge < -0.3 is 24.6 Å². The molecule has 0 atom stereocenters. The van der Waals surface area contributed by atoms with E-state index in [4.69, 9.17) is 9.47 Å². The monoisotopic (exact) mass is 494 g/mol. The molecule has 9 nitrogen and oxygen atoms in total. The van der Waals surface area contributed by atoms with Gasteiger partial charge in [0.1, 0.15) is 23.2 Å². The molecule has 1 fully saturated rings. The van der Waals surface area contributed by atoms with Gasteiger partial charge in [0.25, 0.3) is 0 Å². The quantitative estimate of drug-likeness (QED) is 0.528. The Morgan fingerprint density at radius 1 is 1.17 bits per heavy atom. The summed E-state index contributed by atoms with van der Waals surface area (Å²) in [4.78, 5) is 16.6. The highest BCUT2D eigenvalue weighted by molar-refractivity contribution is 5.86. The fourth-order valence-electron chi connectivity index (χ4n) is 3.56. The highest BCUT2D eigenvalue weighted by Gasteiger charge is 2.32. The molecule has 2 N–H and O–H groups in total. The van der Waals surface area contributed by atoms with Gasteiger partial charge in [-0.2, -0.15) is 5.10 Å². The first-order valence-corrected chi connectivity index (χ1v) is 10.9. The van der Waals surface area contributed by atoms with Gasteiger partial charge in [0, 0.05) is 19.0 Å². The lowest BCUT2D eigenvalue weighted by Crippen LogP contribution is -2.37. The van der Waals surface area contributed by atoms with Crippen LogP contribution in [0.4, 0.5) is 18.0 Å². The van der Waals surface area contributed by atoms with Crippen molar-refractivity contribution in [1.29, 1.82) is 0 Å². The third-order valence-electron chi connectivity index (χ3n) is 5.08. The number of amides is 1. The topological polar surface area (TPSA) is 108 Å². The lowest BCUT2D eigenvalue weighted by atomic mass is 9.92. The summed E-state index contributed by atoms with van der Waals surface area (Å²) in [6.07, 6.45) is -3.52. The van der Waals surface area contributed by atoms with E-state index in [0.29, 0.717) is 41.0 Å². The fourth-order valence-corrected chi connectivity index (χ4v) is 3.56. The van der Waals surface area contributed by atoms with Crippen LogP contribution in [0.25, 0.3) is 16.7 Å². The minimum atomic E-state index is -4.80. The third kappa shape index (κ3) is 6.13. The number of ether oxygens (including phenoxy) is 3. The van der Waals surface area contributed by atoms with Gasteiger partial charge >= 0.3 is 12.5 Å². The van der Waals surface area contributed by atoms with Crippen molar-refractivity contribution in [3.05, 3.63) is 42.2 Å². The van der Waals surface area contributed by atoms with Crippen molar-refractivity contribution in [1.82, 2.24) is 20.1 Å². The minimum Gasteiger partial charge on any atom is -0.489 e. The SMILES string of the molecule is CC(C)(C)OC(=O)NCc1nn(-c2ccc(OC(F)(F)F)cc2)c2nccc(OC3CC(O)C3)c12. The number of rotatable bonds is 6. The zero-order chi connectivity index (χ0) is 25.4. The van der Waals surface area contributed by atoms with E-state index >= 15 is 0 Å². The maximum absolute atomic E-state index is 12.5. The van der Waals surface area contributed by atoms with E-state index in [-0.39, 0.29) is 18.4 Å². The Balaban J connectivity index is 1.67. The van der Waals surface area contributed by atoms with Crippen LogP contribution < -0.4 is 14.8 Å². The van der Waals surface area contributed by atoms with E-state index < -0.39 is 24.2 Å². The molecular weight excluding hydrogens is 469 g/mol. The molecule has 0 bridgehead atoms. The van der Waals surface area contributed by atoms with Gasteiger partial charge in [-0.1, -0.05) is 0 Å². The molecule has 2 heterocycles. The van der Waals surface area contributed by atoms with Crippen LogP contribution in [0.5, 0.6) is 11.5 Å². The number of aliphatic hydroxyl groups is 1. The largest absolute Gasteiger partial charge is 0.573 e. The first kappa shape index (κ1) is 24.6. The van der Waals surface area contributed by atoms with Crippen LogP contribution in [-0.2, 0) is 11.3 Å². The van der Waals surface area contributed by atoms with Crippen LogP contribution in [0.2, 0.25) is 0 Å². The number of fused-ring (bicyclic) bond motifs is 1. The van der Waals surface area contributed by atoms with E-state index in [0.717, 1.165) is 0 Å². The molecule has 4 rings (SSSR count). The standard InChI is InChI=1S/C23H25F3N4O5/c1-22(2,3)35-21(32)28-12-17-19-18(33-16-10-14(31)11-16)8-9-27-20(19)30(29-17)13-4-6-15(7-5-13)34-23(24,25)26/h4-9,14,16,31H,10-12H2,1-3H3,(H,28,32). The Kier molecular flexibility index (Phi) is 6.50. The Labute approximate surface area is 198 Å². The Bertz CT molecular complexity index is 1200. The number of alkyl halides is 3. The number of carbonyl (C=O) groups is 1. The zero-order valence-corrected chi connectivity index (χ0v) is 19.3. The molecule has 1 saturated carbocycles. The molecule has 3 aromatic rings. The molecule has 12 heteroatoms. The number of aromatic nitrogens is 3. The van der Waals surface area contributed by atoms with Crippen molar-refractivity contribution in [3.63, 3.8) is 0 Å². The second-order valence-corrected chi connectivity index (χ2v) is 9.13. The number of alkyl carbamates (subject to hydrolysis) is 1. The molecule has 1 aliphatic rings. The summed E-state index contributed by atoms with van der Waals surface area (Å²) in [6, 6.07) is 6.83. The van der Waals surface area contributed by atoms with Crippen LogP contribution >= 0.6 is 0 Å². The van der Waals surface area contributed by atoms with Crippen LogP contribution in [0.1, 0.15) is 39.3 Å². The van der Waals surface area contributed by atoms with Crippen LogP contribution in [0, 0.1) is 0 Å². The summed E-state index contributed by atoms with van der Waals surface area (Å²) < 4.78 is 54.2. The van der Waals surface area contributed by atoms with Gasteiger partial charge in [-0.3, -0.25) is 0 Å². The first-order valence-electron chi connectivity index (χ1n) is 10.9. The zero-order valence-electron chi connectivity index (χ0n) is 19.3. The fraction of sp³-hybridized carbons (Fsp3) is 0.435. The number of pyridine rings is 1. The van der Waals surface area contributed by atoms with Crippen molar-refractivity contribution >= 4 is 17.1 Å².